The van der Waals surface area contributed by atoms with Gasteiger partial charge >= 0.3 is 0 Å². The van der Waals surface area contributed by atoms with E-state index in [1.807, 2.05) is 0 Å². The van der Waals surface area contributed by atoms with Gasteiger partial charge in [-0.15, -0.1) is 0 Å². The van der Waals surface area contributed by atoms with Crippen molar-refractivity contribution >= 4 is 33.3 Å². The number of rotatable bonds is 7. The highest BCUT2D eigenvalue weighted by atomic mass is 35.5. The predicted octanol–water partition coefficient (Wildman–Crippen LogP) is 2.10. The Kier molecular flexibility index (Phi) is 6.17. The molecule has 0 unspecified atom stereocenters. The van der Waals surface area contributed by atoms with Crippen molar-refractivity contribution < 1.29 is 18.0 Å². The number of amides is 2. The maximum Gasteiger partial charge on any atom is 0.253 e. The highest BCUT2D eigenvalue weighted by molar-refractivity contribution is 7.90. The molecular formula is C21H21ClN6O4S. The summed E-state index contributed by atoms with van der Waals surface area (Å²) in [6.07, 6.45) is 5.82. The Hall–Kier alpha value is -3.31. The van der Waals surface area contributed by atoms with Gasteiger partial charge in [0.05, 0.1) is 16.5 Å². The molecule has 0 saturated heterocycles. The summed E-state index contributed by atoms with van der Waals surface area (Å²) in [5.74, 6) is 0.126. The zero-order valence-electron chi connectivity index (χ0n) is 17.8. The number of hydrogen-bond acceptors (Lipinski definition) is 7. The second-order valence-corrected chi connectivity index (χ2v) is 10.3. The van der Waals surface area contributed by atoms with Crippen LogP contribution in [0.15, 0.2) is 47.8 Å². The third-order valence-electron chi connectivity index (χ3n) is 5.01. The summed E-state index contributed by atoms with van der Waals surface area (Å²) < 4.78 is 25.1. The number of benzene rings is 1. The molecule has 1 aliphatic carbocycles. The fourth-order valence-corrected chi connectivity index (χ4v) is 4.10. The second-order valence-electron chi connectivity index (χ2n) is 7.83. The molecule has 2 amide bonds. The monoisotopic (exact) mass is 488 g/mol. The van der Waals surface area contributed by atoms with Crippen LogP contribution in [-0.2, 0) is 9.84 Å². The molecule has 2 aromatic heterocycles. The normalized spacial score (nSPS) is 14.5. The average molecular weight is 489 g/mol. The first-order chi connectivity index (χ1) is 15.6. The molecule has 12 heteroatoms. The Bertz CT molecular complexity index is 1320. The molecule has 0 bridgehead atoms. The summed E-state index contributed by atoms with van der Waals surface area (Å²) in [5, 5.41) is 9.97. The lowest BCUT2D eigenvalue weighted by Gasteiger charge is -2.15. The molecule has 0 radical (unpaired) electrons. The second kappa shape index (κ2) is 8.91. The number of sulfone groups is 1. The molecule has 172 valence electrons. The van der Waals surface area contributed by atoms with Gasteiger partial charge in [-0.05, 0) is 50.1 Å². The van der Waals surface area contributed by atoms with Crippen molar-refractivity contribution in [2.75, 3.05) is 6.26 Å². The van der Waals surface area contributed by atoms with Crippen LogP contribution < -0.4 is 10.6 Å². The average Bonchev–Trinajstić information content (AvgIpc) is 3.44. The summed E-state index contributed by atoms with van der Waals surface area (Å²) >= 11 is 6.00. The lowest BCUT2D eigenvalue weighted by molar-refractivity contribution is 0.0933. The van der Waals surface area contributed by atoms with E-state index in [1.54, 1.807) is 19.1 Å². The number of carbonyl (C=O) groups is 2. The fourth-order valence-electron chi connectivity index (χ4n) is 3.12. The van der Waals surface area contributed by atoms with Crippen molar-refractivity contribution in [3.63, 3.8) is 0 Å². The van der Waals surface area contributed by atoms with Crippen LogP contribution >= 0.6 is 11.6 Å². The van der Waals surface area contributed by atoms with Crippen LogP contribution in [0.4, 0.5) is 0 Å². The summed E-state index contributed by atoms with van der Waals surface area (Å²) in [6.45, 7) is 1.71. The number of aromatic nitrogens is 4. The van der Waals surface area contributed by atoms with Crippen LogP contribution in [0, 0.1) is 0 Å². The number of nitrogens with one attached hydrogen (secondary N) is 2. The zero-order chi connectivity index (χ0) is 23.8. The molecular weight excluding hydrogens is 468 g/mol. The van der Waals surface area contributed by atoms with E-state index in [1.165, 1.54) is 35.4 Å². The third-order valence-corrected chi connectivity index (χ3v) is 6.32. The third kappa shape index (κ3) is 5.37. The first kappa shape index (κ1) is 22.9. The van der Waals surface area contributed by atoms with Crippen molar-refractivity contribution in [1.82, 2.24) is 30.4 Å². The molecule has 0 aliphatic heterocycles. The first-order valence-corrected chi connectivity index (χ1v) is 12.4. The van der Waals surface area contributed by atoms with E-state index in [9.17, 15) is 18.0 Å². The topological polar surface area (TPSA) is 136 Å². The summed E-state index contributed by atoms with van der Waals surface area (Å²) in [5.41, 5.74) is 0.543. The molecule has 0 spiro atoms. The first-order valence-electron chi connectivity index (χ1n) is 10.1. The molecule has 4 rings (SSSR count). The Labute approximate surface area is 195 Å². The quantitative estimate of drug-likeness (QED) is 0.519. The minimum absolute atomic E-state index is 0.0500. The van der Waals surface area contributed by atoms with Crippen LogP contribution in [0.25, 0.3) is 5.82 Å². The molecule has 1 atom stereocenters. The van der Waals surface area contributed by atoms with Crippen LogP contribution in [0.3, 0.4) is 0 Å². The van der Waals surface area contributed by atoms with E-state index in [4.69, 9.17) is 11.6 Å². The molecule has 1 aromatic carbocycles. The molecule has 1 saturated carbocycles. The van der Waals surface area contributed by atoms with Crippen LogP contribution in [0.5, 0.6) is 0 Å². The minimum atomic E-state index is -3.54. The van der Waals surface area contributed by atoms with Crippen LogP contribution in [-0.4, -0.2) is 52.3 Å². The minimum Gasteiger partial charge on any atom is -0.349 e. The predicted molar refractivity (Wildman–Crippen MR) is 120 cm³/mol. The number of nitrogens with zero attached hydrogens (tertiary/aromatic N) is 4. The lowest BCUT2D eigenvalue weighted by Crippen LogP contribution is -2.29. The SMILES string of the molecule is C[C@H](NC(=O)c1cc(Cl)cc(S(C)(=O)=O)c1)c1ncnn1-c1ccc(C(=O)NC2CC2)cn1. The van der Waals surface area contributed by atoms with Crippen molar-refractivity contribution in [2.24, 2.45) is 0 Å². The summed E-state index contributed by atoms with van der Waals surface area (Å²) in [4.78, 5) is 33.4. The van der Waals surface area contributed by atoms with E-state index in [-0.39, 0.29) is 27.4 Å². The van der Waals surface area contributed by atoms with Gasteiger partial charge in [-0.2, -0.15) is 9.78 Å². The number of halogens is 1. The lowest BCUT2D eigenvalue weighted by atomic mass is 10.2. The molecule has 2 N–H and O–H groups in total. The maximum atomic E-state index is 12.8. The van der Waals surface area contributed by atoms with Gasteiger partial charge in [0.25, 0.3) is 11.8 Å². The van der Waals surface area contributed by atoms with E-state index < -0.39 is 21.8 Å². The van der Waals surface area contributed by atoms with E-state index >= 15 is 0 Å². The number of carbonyl (C=O) groups excluding carboxylic acids is 2. The van der Waals surface area contributed by atoms with Gasteiger partial charge in [-0.1, -0.05) is 11.6 Å². The smallest absolute Gasteiger partial charge is 0.253 e. The van der Waals surface area contributed by atoms with Crippen molar-refractivity contribution in [2.45, 2.75) is 36.7 Å². The largest absolute Gasteiger partial charge is 0.349 e. The van der Waals surface area contributed by atoms with Gasteiger partial charge in [-0.3, -0.25) is 9.59 Å². The van der Waals surface area contributed by atoms with Gasteiger partial charge in [0.2, 0.25) is 0 Å². The summed E-state index contributed by atoms with van der Waals surface area (Å²) in [6, 6.07) is 6.87. The standard InChI is InChI=1S/C21H21ClN6O4S/c1-12(26-21(30)14-7-15(22)9-17(8-14)33(2,31)32)19-24-11-25-28(19)18-6-3-13(10-23-18)20(29)27-16-4-5-16/h3,6-12,16H,4-5H2,1-2H3,(H,26,30)(H,27,29)/t12-/m0/s1. The van der Waals surface area contributed by atoms with Gasteiger partial charge in [0.15, 0.2) is 21.5 Å². The van der Waals surface area contributed by atoms with Gasteiger partial charge < -0.3 is 10.6 Å². The zero-order valence-corrected chi connectivity index (χ0v) is 19.4. The van der Waals surface area contributed by atoms with E-state index in [0.29, 0.717) is 17.2 Å². The molecule has 3 aromatic rings. The molecule has 2 heterocycles. The van der Waals surface area contributed by atoms with Crippen molar-refractivity contribution in [1.29, 1.82) is 0 Å². The van der Waals surface area contributed by atoms with Gasteiger partial charge in [0.1, 0.15) is 6.33 Å². The number of hydrogen-bond donors (Lipinski definition) is 2. The highest BCUT2D eigenvalue weighted by Crippen LogP contribution is 2.21. The maximum absolute atomic E-state index is 12.8. The summed E-state index contributed by atoms with van der Waals surface area (Å²) in [7, 11) is -3.54. The van der Waals surface area contributed by atoms with Crippen LogP contribution in [0.1, 0.15) is 52.3 Å². The number of pyridine rings is 1. The Balaban J connectivity index is 1.51. The van der Waals surface area contributed by atoms with Crippen molar-refractivity contribution in [3.05, 3.63) is 64.8 Å². The Morgan fingerprint density at radius 1 is 1.12 bits per heavy atom. The molecule has 33 heavy (non-hydrogen) atoms. The van der Waals surface area contributed by atoms with Gasteiger partial charge in [0, 0.05) is 29.1 Å². The van der Waals surface area contributed by atoms with E-state index in [2.05, 4.69) is 25.7 Å². The fraction of sp³-hybridized carbons (Fsp3) is 0.286. The molecule has 1 fully saturated rings. The Morgan fingerprint density at radius 3 is 2.52 bits per heavy atom. The molecule has 1 aliphatic rings. The van der Waals surface area contributed by atoms with Crippen molar-refractivity contribution in [3.8, 4) is 5.82 Å². The van der Waals surface area contributed by atoms with Crippen LogP contribution in [0.2, 0.25) is 5.02 Å². The molecule has 10 nitrogen and oxygen atoms in total. The van der Waals surface area contributed by atoms with E-state index in [0.717, 1.165) is 19.1 Å². The van der Waals surface area contributed by atoms with Gasteiger partial charge in [-0.25, -0.2) is 18.4 Å². The highest BCUT2D eigenvalue weighted by Gasteiger charge is 2.24. The Morgan fingerprint density at radius 2 is 1.88 bits per heavy atom.